The van der Waals surface area contributed by atoms with E-state index in [1.165, 1.54) is 0 Å². The van der Waals surface area contributed by atoms with Crippen LogP contribution in [-0.2, 0) is 0 Å². The minimum Gasteiger partial charge on any atom is -0.309 e. The summed E-state index contributed by atoms with van der Waals surface area (Å²) < 4.78 is 0. The van der Waals surface area contributed by atoms with Gasteiger partial charge >= 0.3 is 0 Å². The molecule has 0 aliphatic carbocycles. The second-order valence-corrected chi connectivity index (χ2v) is 6.57. The highest BCUT2D eigenvalue weighted by Crippen LogP contribution is 2.35. The lowest BCUT2D eigenvalue weighted by molar-refractivity contribution is 0.524. The summed E-state index contributed by atoms with van der Waals surface area (Å²) in [5.74, 6) is 0. The van der Waals surface area contributed by atoms with Gasteiger partial charge in [0.2, 0.25) is 0 Å². The van der Waals surface area contributed by atoms with Crippen LogP contribution in [0.2, 0.25) is 10.0 Å². The Kier molecular flexibility index (Phi) is 6.37. The summed E-state index contributed by atoms with van der Waals surface area (Å²) in [5.41, 5.74) is 1.07. The topological polar surface area (TPSA) is 24.9 Å². The van der Waals surface area contributed by atoms with E-state index in [2.05, 4.69) is 36.3 Å². The normalized spacial score (nSPS) is 12.4. The SMILES string of the molecule is CCNC(CC)c1ccc(Sc2cc(Cl)ccc2Cl)cn1. The van der Waals surface area contributed by atoms with Crippen molar-refractivity contribution in [2.45, 2.75) is 36.1 Å². The van der Waals surface area contributed by atoms with Gasteiger partial charge in [0, 0.05) is 27.1 Å². The first-order valence-electron chi connectivity index (χ1n) is 6.96. The van der Waals surface area contributed by atoms with Gasteiger partial charge in [0.15, 0.2) is 0 Å². The van der Waals surface area contributed by atoms with Gasteiger partial charge in [-0.25, -0.2) is 0 Å². The van der Waals surface area contributed by atoms with E-state index in [0.717, 1.165) is 28.5 Å². The number of halogens is 2. The number of nitrogens with one attached hydrogen (secondary N) is 1. The van der Waals surface area contributed by atoms with Crippen LogP contribution in [0, 0.1) is 0 Å². The van der Waals surface area contributed by atoms with Gasteiger partial charge in [0.1, 0.15) is 0 Å². The number of rotatable bonds is 6. The number of hydrogen-bond acceptors (Lipinski definition) is 3. The fourth-order valence-corrected chi connectivity index (χ4v) is 3.36. The number of nitrogens with zero attached hydrogens (tertiary/aromatic N) is 1. The van der Waals surface area contributed by atoms with Gasteiger partial charge in [0.25, 0.3) is 0 Å². The van der Waals surface area contributed by atoms with Crippen LogP contribution in [0.4, 0.5) is 0 Å². The molecule has 0 amide bonds. The van der Waals surface area contributed by atoms with E-state index in [9.17, 15) is 0 Å². The third kappa shape index (κ3) is 4.62. The van der Waals surface area contributed by atoms with Crippen molar-refractivity contribution in [3.05, 3.63) is 52.3 Å². The maximum atomic E-state index is 6.18. The Morgan fingerprint density at radius 2 is 2.00 bits per heavy atom. The molecule has 1 aromatic heterocycles. The third-order valence-corrected chi connectivity index (χ3v) is 4.81. The van der Waals surface area contributed by atoms with Crippen LogP contribution in [0.1, 0.15) is 32.0 Å². The molecule has 2 rings (SSSR count). The highest BCUT2D eigenvalue weighted by Gasteiger charge is 2.10. The number of hydrogen-bond donors (Lipinski definition) is 1. The molecule has 0 spiro atoms. The Labute approximate surface area is 140 Å². The van der Waals surface area contributed by atoms with Gasteiger partial charge in [-0.1, -0.05) is 48.8 Å². The van der Waals surface area contributed by atoms with Crippen molar-refractivity contribution >= 4 is 35.0 Å². The van der Waals surface area contributed by atoms with Gasteiger partial charge in [-0.3, -0.25) is 4.98 Å². The summed E-state index contributed by atoms with van der Waals surface area (Å²) in [6.07, 6.45) is 2.91. The van der Waals surface area contributed by atoms with E-state index in [0.29, 0.717) is 16.1 Å². The Hall–Kier alpha value is -0.740. The number of aromatic nitrogens is 1. The van der Waals surface area contributed by atoms with Crippen molar-refractivity contribution in [1.82, 2.24) is 10.3 Å². The van der Waals surface area contributed by atoms with Crippen LogP contribution in [0.15, 0.2) is 46.3 Å². The quantitative estimate of drug-likeness (QED) is 0.740. The minimum absolute atomic E-state index is 0.309. The molecule has 0 radical (unpaired) electrons. The van der Waals surface area contributed by atoms with Crippen LogP contribution in [0.5, 0.6) is 0 Å². The van der Waals surface area contributed by atoms with Crippen molar-refractivity contribution in [3.63, 3.8) is 0 Å². The second-order valence-electron chi connectivity index (χ2n) is 4.61. The second kappa shape index (κ2) is 8.04. The molecule has 21 heavy (non-hydrogen) atoms. The van der Waals surface area contributed by atoms with Crippen LogP contribution >= 0.6 is 35.0 Å². The lowest BCUT2D eigenvalue weighted by Gasteiger charge is -2.15. The molecular formula is C16H18Cl2N2S. The van der Waals surface area contributed by atoms with Crippen molar-refractivity contribution < 1.29 is 0 Å². The summed E-state index contributed by atoms with van der Waals surface area (Å²) in [6, 6.07) is 9.92. The first-order chi connectivity index (χ1) is 10.1. The molecule has 0 bridgehead atoms. The molecule has 0 saturated heterocycles. The van der Waals surface area contributed by atoms with Crippen LogP contribution in [0.25, 0.3) is 0 Å². The average Bonchev–Trinajstić information content (AvgIpc) is 2.49. The molecule has 0 saturated carbocycles. The monoisotopic (exact) mass is 340 g/mol. The zero-order valence-corrected chi connectivity index (χ0v) is 14.4. The van der Waals surface area contributed by atoms with E-state index in [1.54, 1.807) is 17.8 Å². The Balaban J connectivity index is 2.13. The Morgan fingerprint density at radius 1 is 1.19 bits per heavy atom. The summed E-state index contributed by atoms with van der Waals surface area (Å²) in [5, 5.41) is 4.81. The molecule has 5 heteroatoms. The first-order valence-corrected chi connectivity index (χ1v) is 8.53. The van der Waals surface area contributed by atoms with E-state index >= 15 is 0 Å². The van der Waals surface area contributed by atoms with Gasteiger partial charge in [0.05, 0.1) is 10.7 Å². The summed E-state index contributed by atoms with van der Waals surface area (Å²) in [6.45, 7) is 5.20. The fourth-order valence-electron chi connectivity index (χ4n) is 2.05. The van der Waals surface area contributed by atoms with Crippen molar-refractivity contribution in [2.24, 2.45) is 0 Å². The number of pyridine rings is 1. The highest BCUT2D eigenvalue weighted by molar-refractivity contribution is 7.99. The molecular weight excluding hydrogens is 323 g/mol. The zero-order valence-electron chi connectivity index (χ0n) is 12.1. The molecule has 1 unspecified atom stereocenters. The molecule has 1 aromatic carbocycles. The lowest BCUT2D eigenvalue weighted by Crippen LogP contribution is -2.20. The molecule has 1 N–H and O–H groups in total. The van der Waals surface area contributed by atoms with Crippen molar-refractivity contribution in [3.8, 4) is 0 Å². The molecule has 1 atom stereocenters. The average molecular weight is 341 g/mol. The lowest BCUT2D eigenvalue weighted by atomic mass is 10.1. The molecule has 0 fully saturated rings. The predicted octanol–water partition coefficient (Wildman–Crippen LogP) is 5.60. The van der Waals surface area contributed by atoms with E-state index in [1.807, 2.05) is 18.3 Å². The summed E-state index contributed by atoms with van der Waals surface area (Å²) in [4.78, 5) is 6.55. The van der Waals surface area contributed by atoms with Gasteiger partial charge in [-0.05, 0) is 43.3 Å². The van der Waals surface area contributed by atoms with Gasteiger partial charge in [-0.2, -0.15) is 0 Å². The fraction of sp³-hybridized carbons (Fsp3) is 0.312. The Morgan fingerprint density at radius 3 is 2.62 bits per heavy atom. The standard InChI is InChI=1S/C16H18Cl2N2S/c1-3-14(19-4-2)15-8-6-12(10-20-15)21-16-9-11(17)5-7-13(16)18/h5-10,14,19H,3-4H2,1-2H3. The molecule has 112 valence electrons. The maximum Gasteiger partial charge on any atom is 0.0573 e. The van der Waals surface area contributed by atoms with Crippen molar-refractivity contribution in [1.29, 1.82) is 0 Å². The molecule has 2 nitrogen and oxygen atoms in total. The smallest absolute Gasteiger partial charge is 0.0573 e. The van der Waals surface area contributed by atoms with Crippen LogP contribution in [0.3, 0.4) is 0 Å². The largest absolute Gasteiger partial charge is 0.309 e. The number of benzene rings is 1. The van der Waals surface area contributed by atoms with E-state index < -0.39 is 0 Å². The Bertz CT molecular complexity index is 587. The zero-order chi connectivity index (χ0) is 15.2. The van der Waals surface area contributed by atoms with E-state index in [4.69, 9.17) is 23.2 Å². The first kappa shape index (κ1) is 16.6. The molecule has 0 aliphatic heterocycles. The molecule has 1 heterocycles. The minimum atomic E-state index is 0.309. The third-order valence-electron chi connectivity index (χ3n) is 3.10. The van der Waals surface area contributed by atoms with E-state index in [-0.39, 0.29) is 0 Å². The summed E-state index contributed by atoms with van der Waals surface area (Å²) in [7, 11) is 0. The van der Waals surface area contributed by atoms with Gasteiger partial charge in [-0.15, -0.1) is 0 Å². The molecule has 2 aromatic rings. The molecule has 0 aliphatic rings. The van der Waals surface area contributed by atoms with Crippen LogP contribution < -0.4 is 5.32 Å². The van der Waals surface area contributed by atoms with Gasteiger partial charge < -0.3 is 5.32 Å². The highest BCUT2D eigenvalue weighted by atomic mass is 35.5. The predicted molar refractivity (Wildman–Crippen MR) is 91.5 cm³/mol. The maximum absolute atomic E-state index is 6.18. The van der Waals surface area contributed by atoms with Crippen LogP contribution in [-0.4, -0.2) is 11.5 Å². The van der Waals surface area contributed by atoms with Crippen molar-refractivity contribution in [2.75, 3.05) is 6.54 Å². The summed E-state index contributed by atoms with van der Waals surface area (Å²) >= 11 is 13.8.